The summed E-state index contributed by atoms with van der Waals surface area (Å²) in [4.78, 5) is 0. The molecule has 0 unspecified atom stereocenters. The van der Waals surface area contributed by atoms with Gasteiger partial charge in [-0.3, -0.25) is 0 Å². The Bertz CT molecular complexity index is 26.3. The van der Waals surface area contributed by atoms with Crippen molar-refractivity contribution in [1.82, 2.24) is 0 Å². The summed E-state index contributed by atoms with van der Waals surface area (Å²) < 4.78 is 0. The zero-order valence-corrected chi connectivity index (χ0v) is 3.21. The Morgan fingerprint density at radius 3 is 1.50 bits per heavy atom. The van der Waals surface area contributed by atoms with Crippen LogP contribution in [-0.2, 0) is 0 Å². The van der Waals surface area contributed by atoms with Gasteiger partial charge < -0.3 is 0 Å². The van der Waals surface area contributed by atoms with Crippen LogP contribution < -0.4 is 0 Å². The molecule has 0 atom stereocenters. The second-order valence-corrected chi connectivity index (χ2v) is 1.21. The molecule has 0 amide bonds. The van der Waals surface area contributed by atoms with Crippen LogP contribution in [0.1, 0.15) is 13.8 Å². The molecule has 0 aliphatic heterocycles. The number of hydrogen-bond donors (Lipinski definition) is 0. The predicted molar refractivity (Wildman–Crippen MR) is 23.5 cm³/mol. The molecule has 0 nitrogen and oxygen atoms in total. The van der Waals surface area contributed by atoms with E-state index < -0.39 is 0 Å². The molecule has 1 heteroatoms. The zero-order chi connectivity index (χ0) is 3.58. The zero-order valence-electron chi connectivity index (χ0n) is 3.21. The van der Waals surface area contributed by atoms with Crippen molar-refractivity contribution in [3.05, 3.63) is 0 Å². The van der Waals surface area contributed by atoms with E-state index in [0.717, 1.165) is 0 Å². The van der Waals surface area contributed by atoms with E-state index in [4.69, 9.17) is 0 Å². The van der Waals surface area contributed by atoms with Crippen molar-refractivity contribution in [3.8, 4) is 0 Å². The Kier molecular flexibility index (Phi) is 1.25. The average Bonchev–Trinajstić information content (AvgIpc) is 0.811. The molecule has 22 valence electrons. The van der Waals surface area contributed by atoms with E-state index in [1.54, 1.807) is 0 Å². The van der Waals surface area contributed by atoms with Gasteiger partial charge >= 0.3 is 26.8 Å². The standard InChI is InChI=1S/C3H7B/c1-3(2)4/h4H,1-2H3. The van der Waals surface area contributed by atoms with Gasteiger partial charge in [-0.2, -0.15) is 0 Å². The van der Waals surface area contributed by atoms with E-state index in [0.29, 0.717) is 0 Å². The number of hydrogen-bond acceptors (Lipinski definition) is 0. The van der Waals surface area contributed by atoms with Crippen LogP contribution in [0, 0.1) is 0 Å². The molecule has 0 N–H and O–H groups in total. The van der Waals surface area contributed by atoms with E-state index in [1.807, 2.05) is 13.8 Å². The molecule has 0 aromatic carbocycles. The van der Waals surface area contributed by atoms with Crippen LogP contribution in [0.3, 0.4) is 0 Å². The van der Waals surface area contributed by atoms with Crippen LogP contribution in [0.5, 0.6) is 0 Å². The van der Waals surface area contributed by atoms with E-state index in [2.05, 4.69) is 7.49 Å². The monoisotopic (exact) mass is 54.1 g/mol. The molecule has 0 aliphatic carbocycles. The van der Waals surface area contributed by atoms with E-state index >= 15 is 0 Å². The summed E-state index contributed by atoms with van der Waals surface area (Å²) in [5, 5.41) is 0. The molecule has 0 aliphatic rings. The van der Waals surface area contributed by atoms with Gasteiger partial charge in [0.1, 0.15) is 0 Å². The molecule has 0 rings (SSSR count). The molecule has 0 fully saturated rings. The summed E-state index contributed by atoms with van der Waals surface area (Å²) in [6, 6.07) is 0. The Hall–Kier alpha value is -0.0651. The van der Waals surface area contributed by atoms with Crippen molar-refractivity contribution >= 4 is 13.0 Å². The van der Waals surface area contributed by atoms with Crippen molar-refractivity contribution in [3.63, 3.8) is 0 Å². The molecule has 0 aromatic heterocycles. The second-order valence-electron chi connectivity index (χ2n) is 1.21. The summed E-state index contributed by atoms with van der Waals surface area (Å²) >= 11 is 0. The van der Waals surface area contributed by atoms with Crippen molar-refractivity contribution in [2.45, 2.75) is 13.8 Å². The van der Waals surface area contributed by atoms with E-state index in [9.17, 15) is 0 Å². The average molecular weight is 53.9 g/mol. The van der Waals surface area contributed by atoms with Gasteiger partial charge in [-0.1, -0.05) is 0 Å². The molecule has 0 radical (unpaired) electrons. The maximum absolute atomic E-state index is 3.56. The first-order chi connectivity index (χ1) is 1.73. The van der Waals surface area contributed by atoms with Gasteiger partial charge in [0.15, 0.2) is 0 Å². The van der Waals surface area contributed by atoms with E-state index in [-0.39, 0.29) is 0 Å². The Morgan fingerprint density at radius 1 is 1.50 bits per heavy atom. The third-order valence-corrected chi connectivity index (χ3v) is 0. The van der Waals surface area contributed by atoms with Crippen LogP contribution in [-0.4, -0.2) is 13.0 Å². The van der Waals surface area contributed by atoms with Crippen molar-refractivity contribution in [1.29, 1.82) is 0 Å². The molecular formula is C3H7B. The van der Waals surface area contributed by atoms with Gasteiger partial charge in [0.2, 0.25) is 0 Å². The SMILES string of the molecule is B=C(C)C. The Balaban J connectivity index is 2.80. The van der Waals surface area contributed by atoms with Gasteiger partial charge in [0.05, 0.1) is 0 Å². The Labute approximate surface area is 27.9 Å². The van der Waals surface area contributed by atoms with Crippen molar-refractivity contribution in [2.24, 2.45) is 0 Å². The Morgan fingerprint density at radius 2 is 1.50 bits per heavy atom. The molecule has 4 heavy (non-hydrogen) atoms. The summed E-state index contributed by atoms with van der Waals surface area (Å²) in [6.45, 7) is 3.94. The summed E-state index contributed by atoms with van der Waals surface area (Å²) in [7, 11) is 3.56. The van der Waals surface area contributed by atoms with Gasteiger partial charge in [-0.15, -0.1) is 0 Å². The molecule has 0 saturated carbocycles. The van der Waals surface area contributed by atoms with Crippen LogP contribution in [0.25, 0.3) is 0 Å². The molecule has 0 aromatic rings. The molecular weight excluding hydrogens is 46.8 g/mol. The minimum absolute atomic E-state index is 1.17. The second kappa shape index (κ2) is 1.28. The fraction of sp³-hybridized carbons (Fsp3) is 0.667. The van der Waals surface area contributed by atoms with Crippen molar-refractivity contribution < 1.29 is 0 Å². The topological polar surface area (TPSA) is 0 Å². The van der Waals surface area contributed by atoms with E-state index in [1.165, 1.54) is 5.46 Å². The minimum atomic E-state index is 1.17. The first-order valence-corrected chi connectivity index (χ1v) is 1.35. The molecule has 0 heterocycles. The van der Waals surface area contributed by atoms with Gasteiger partial charge in [0, 0.05) is 0 Å². The first-order valence-electron chi connectivity index (χ1n) is 1.35. The van der Waals surface area contributed by atoms with Gasteiger partial charge in [0.25, 0.3) is 0 Å². The fourth-order valence-electron chi connectivity index (χ4n) is 0. The fourth-order valence-corrected chi connectivity index (χ4v) is 0. The van der Waals surface area contributed by atoms with Crippen LogP contribution >= 0.6 is 0 Å². The summed E-state index contributed by atoms with van der Waals surface area (Å²) in [5.74, 6) is 0. The third-order valence-electron chi connectivity index (χ3n) is 0. The third kappa shape index (κ3) is 400. The molecule has 0 spiro atoms. The van der Waals surface area contributed by atoms with Crippen LogP contribution in [0.4, 0.5) is 0 Å². The van der Waals surface area contributed by atoms with Gasteiger partial charge in [-0.05, 0) is 0 Å². The van der Waals surface area contributed by atoms with Crippen LogP contribution in [0.2, 0.25) is 0 Å². The van der Waals surface area contributed by atoms with Gasteiger partial charge in [-0.25, -0.2) is 0 Å². The van der Waals surface area contributed by atoms with Crippen molar-refractivity contribution in [2.75, 3.05) is 0 Å². The quantitative estimate of drug-likeness (QED) is 0.344. The molecule has 0 bridgehead atoms. The predicted octanol–water partition coefficient (Wildman–Crippen LogP) is 0.0994. The normalized spacial score (nSPS) is 6.25. The molecule has 0 saturated heterocycles. The maximum atomic E-state index is 3.56. The first kappa shape index (κ1) is 3.93. The summed E-state index contributed by atoms with van der Waals surface area (Å²) in [5.41, 5.74) is 1.17. The van der Waals surface area contributed by atoms with Crippen LogP contribution in [0.15, 0.2) is 0 Å². The number of rotatable bonds is 0. The summed E-state index contributed by atoms with van der Waals surface area (Å²) in [6.07, 6.45) is 0.